The first-order valence-electron chi connectivity index (χ1n) is 11.5. The maximum atomic E-state index is 2.29. The Kier molecular flexibility index (Phi) is 6.99. The summed E-state index contributed by atoms with van der Waals surface area (Å²) in [6.07, 6.45) is 6.12. The summed E-state index contributed by atoms with van der Waals surface area (Å²) in [5.41, 5.74) is 10.7. The Balaban J connectivity index is 1.20. The summed E-state index contributed by atoms with van der Waals surface area (Å²) in [6.45, 7) is 4.26. The lowest BCUT2D eigenvalue weighted by Crippen LogP contribution is -1.90. The molecule has 0 aliphatic heterocycles. The zero-order valence-corrected chi connectivity index (χ0v) is 18.8. The van der Waals surface area contributed by atoms with Crippen LogP contribution in [-0.2, 0) is 12.8 Å². The summed E-state index contributed by atoms with van der Waals surface area (Å²) in [5, 5.41) is 0. The van der Waals surface area contributed by atoms with Crippen LogP contribution in [0, 0.1) is 13.8 Å². The fourth-order valence-corrected chi connectivity index (χ4v) is 4.05. The third-order valence-corrected chi connectivity index (χ3v) is 6.11. The van der Waals surface area contributed by atoms with Gasteiger partial charge in [0.2, 0.25) is 0 Å². The molecule has 156 valence electrons. The summed E-state index contributed by atoms with van der Waals surface area (Å²) in [5.74, 6) is 0. The second kappa shape index (κ2) is 10.3. The first-order valence-corrected chi connectivity index (χ1v) is 11.5. The van der Waals surface area contributed by atoms with E-state index in [0.29, 0.717) is 0 Å². The van der Waals surface area contributed by atoms with Gasteiger partial charge in [0, 0.05) is 0 Å². The minimum absolute atomic E-state index is 1.17. The van der Waals surface area contributed by atoms with E-state index in [0.717, 1.165) is 0 Å². The van der Waals surface area contributed by atoms with E-state index in [9.17, 15) is 0 Å². The Labute approximate surface area is 187 Å². The number of hydrogen-bond acceptors (Lipinski definition) is 0. The molecule has 0 fully saturated rings. The van der Waals surface area contributed by atoms with Crippen molar-refractivity contribution in [2.75, 3.05) is 0 Å². The molecule has 0 bridgehead atoms. The summed E-state index contributed by atoms with van der Waals surface area (Å²) < 4.78 is 0. The van der Waals surface area contributed by atoms with Crippen molar-refractivity contribution in [3.63, 3.8) is 0 Å². The molecule has 31 heavy (non-hydrogen) atoms. The maximum Gasteiger partial charge on any atom is -0.0184 e. The highest BCUT2D eigenvalue weighted by Gasteiger charge is 2.01. The van der Waals surface area contributed by atoms with E-state index in [-0.39, 0.29) is 0 Å². The predicted octanol–water partition coefficient (Wildman–Crippen LogP) is 8.59. The van der Waals surface area contributed by atoms with Gasteiger partial charge in [-0.3, -0.25) is 0 Å². The average Bonchev–Trinajstić information content (AvgIpc) is 2.81. The molecule has 0 atom stereocenters. The van der Waals surface area contributed by atoms with Gasteiger partial charge in [-0.15, -0.1) is 0 Å². The van der Waals surface area contributed by atoms with Crippen LogP contribution in [0.25, 0.3) is 22.3 Å². The molecule has 0 nitrogen and oxygen atoms in total. The van der Waals surface area contributed by atoms with Gasteiger partial charge in [0.1, 0.15) is 0 Å². The van der Waals surface area contributed by atoms with E-state index in [2.05, 4.69) is 111 Å². The lowest BCUT2D eigenvalue weighted by atomic mass is 9.99. The van der Waals surface area contributed by atoms with Crippen LogP contribution >= 0.6 is 0 Å². The maximum absolute atomic E-state index is 2.29. The molecule has 4 rings (SSSR count). The fraction of sp³-hybridized carbons (Fsp3) is 0.226. The van der Waals surface area contributed by atoms with E-state index in [1.165, 1.54) is 76.6 Å². The van der Waals surface area contributed by atoms with Gasteiger partial charge in [-0.05, 0) is 72.9 Å². The van der Waals surface area contributed by atoms with Crippen molar-refractivity contribution in [1.29, 1.82) is 0 Å². The third-order valence-electron chi connectivity index (χ3n) is 6.11. The SMILES string of the molecule is Cc1ccc(-c2ccc(CCCCCc3ccc(-c4ccc(C)cc4)cc3)cc2)cc1. The Bertz CT molecular complexity index is 976. The molecule has 0 amide bonds. The number of aryl methyl sites for hydroxylation is 4. The predicted molar refractivity (Wildman–Crippen MR) is 134 cm³/mol. The molecular formula is C31H32. The standard InChI is InChI=1S/C31H32/c1-24-8-16-28(17-9-24)30-20-12-26(13-21-30)6-4-3-5-7-27-14-22-31(23-15-27)29-18-10-25(2)11-19-29/h8-23H,3-7H2,1-2H3. The van der Waals surface area contributed by atoms with Crippen molar-refractivity contribution >= 4 is 0 Å². The fourth-order valence-electron chi connectivity index (χ4n) is 4.05. The van der Waals surface area contributed by atoms with Gasteiger partial charge in [-0.25, -0.2) is 0 Å². The lowest BCUT2D eigenvalue weighted by molar-refractivity contribution is 0.678. The Morgan fingerprint density at radius 2 is 0.645 bits per heavy atom. The molecule has 0 aliphatic rings. The van der Waals surface area contributed by atoms with Gasteiger partial charge in [-0.2, -0.15) is 0 Å². The Hall–Kier alpha value is -3.12. The van der Waals surface area contributed by atoms with E-state index in [1.54, 1.807) is 0 Å². The topological polar surface area (TPSA) is 0 Å². The van der Waals surface area contributed by atoms with Crippen molar-refractivity contribution in [3.8, 4) is 22.3 Å². The number of hydrogen-bond donors (Lipinski definition) is 0. The molecular weight excluding hydrogens is 372 g/mol. The lowest BCUT2D eigenvalue weighted by Gasteiger charge is -2.07. The van der Waals surface area contributed by atoms with Crippen LogP contribution in [0.4, 0.5) is 0 Å². The van der Waals surface area contributed by atoms with E-state index >= 15 is 0 Å². The van der Waals surface area contributed by atoms with Crippen LogP contribution in [0.15, 0.2) is 97.1 Å². The van der Waals surface area contributed by atoms with Gasteiger partial charge in [0.05, 0.1) is 0 Å². The van der Waals surface area contributed by atoms with Crippen molar-refractivity contribution in [3.05, 3.63) is 119 Å². The van der Waals surface area contributed by atoms with Crippen molar-refractivity contribution in [1.82, 2.24) is 0 Å². The first kappa shape index (κ1) is 21.1. The molecule has 0 aliphatic carbocycles. The zero-order chi connectivity index (χ0) is 21.5. The molecule has 0 aromatic heterocycles. The highest BCUT2D eigenvalue weighted by molar-refractivity contribution is 5.64. The van der Waals surface area contributed by atoms with E-state index in [4.69, 9.17) is 0 Å². The third kappa shape index (κ3) is 5.95. The number of unbranched alkanes of at least 4 members (excludes halogenated alkanes) is 2. The van der Waals surface area contributed by atoms with Crippen LogP contribution in [0.1, 0.15) is 41.5 Å². The van der Waals surface area contributed by atoms with Crippen LogP contribution in [0.5, 0.6) is 0 Å². The monoisotopic (exact) mass is 404 g/mol. The Morgan fingerprint density at radius 3 is 0.968 bits per heavy atom. The number of rotatable bonds is 8. The molecule has 0 saturated heterocycles. The summed E-state index contributed by atoms with van der Waals surface area (Å²) in [4.78, 5) is 0. The highest BCUT2D eigenvalue weighted by atomic mass is 14.1. The van der Waals surface area contributed by atoms with Gasteiger partial charge in [0.25, 0.3) is 0 Å². The average molecular weight is 405 g/mol. The molecule has 0 heteroatoms. The first-order chi connectivity index (χ1) is 15.2. The van der Waals surface area contributed by atoms with Crippen molar-refractivity contribution in [2.24, 2.45) is 0 Å². The normalized spacial score (nSPS) is 10.9. The summed E-state index contributed by atoms with van der Waals surface area (Å²) >= 11 is 0. The Morgan fingerprint density at radius 1 is 0.355 bits per heavy atom. The van der Waals surface area contributed by atoms with Crippen LogP contribution < -0.4 is 0 Å². The van der Waals surface area contributed by atoms with Crippen LogP contribution in [-0.4, -0.2) is 0 Å². The largest absolute Gasteiger partial charge is 0.0587 e. The van der Waals surface area contributed by atoms with Gasteiger partial charge < -0.3 is 0 Å². The van der Waals surface area contributed by atoms with Crippen molar-refractivity contribution < 1.29 is 0 Å². The van der Waals surface area contributed by atoms with Crippen LogP contribution in [0.3, 0.4) is 0 Å². The summed E-state index contributed by atoms with van der Waals surface area (Å²) in [7, 11) is 0. The van der Waals surface area contributed by atoms with E-state index < -0.39 is 0 Å². The van der Waals surface area contributed by atoms with Gasteiger partial charge in [-0.1, -0.05) is 115 Å². The molecule has 0 saturated carbocycles. The molecule has 0 radical (unpaired) electrons. The molecule has 4 aromatic carbocycles. The molecule has 0 N–H and O–H groups in total. The highest BCUT2D eigenvalue weighted by Crippen LogP contribution is 2.22. The molecule has 0 unspecified atom stereocenters. The van der Waals surface area contributed by atoms with Gasteiger partial charge in [0.15, 0.2) is 0 Å². The van der Waals surface area contributed by atoms with Crippen LogP contribution in [0.2, 0.25) is 0 Å². The molecule has 4 aromatic rings. The minimum atomic E-state index is 1.17. The minimum Gasteiger partial charge on any atom is -0.0587 e. The zero-order valence-electron chi connectivity index (χ0n) is 18.8. The second-order valence-corrected chi connectivity index (χ2v) is 8.69. The quantitative estimate of drug-likeness (QED) is 0.258. The second-order valence-electron chi connectivity index (χ2n) is 8.69. The molecule has 0 spiro atoms. The van der Waals surface area contributed by atoms with Gasteiger partial charge >= 0.3 is 0 Å². The van der Waals surface area contributed by atoms with E-state index in [1.807, 2.05) is 0 Å². The summed E-state index contributed by atoms with van der Waals surface area (Å²) in [6, 6.07) is 35.7. The number of benzene rings is 4. The molecule has 0 heterocycles. The van der Waals surface area contributed by atoms with Crippen molar-refractivity contribution in [2.45, 2.75) is 46.0 Å². The smallest absolute Gasteiger partial charge is 0.0184 e.